The molecule has 3 aliphatic rings. The fraction of sp³-hybridized carbons (Fsp3) is 0.455. The molecule has 3 nitrogen and oxygen atoms in total. The number of ether oxygens (including phenoxy) is 2. The third-order valence-electron chi connectivity index (χ3n) is 5.89. The SMILES string of the molecule is COc1cccc(C(NCC23CCOC(C)(C2)C3)c2ccc(Cl)cc2)c1. The summed E-state index contributed by atoms with van der Waals surface area (Å²) in [6.07, 6.45) is 3.44. The summed E-state index contributed by atoms with van der Waals surface area (Å²) in [4.78, 5) is 0. The van der Waals surface area contributed by atoms with E-state index in [1.54, 1.807) is 7.11 Å². The molecule has 1 N–H and O–H groups in total. The van der Waals surface area contributed by atoms with E-state index < -0.39 is 0 Å². The zero-order chi connectivity index (χ0) is 18.2. The van der Waals surface area contributed by atoms with Crippen molar-refractivity contribution in [3.8, 4) is 5.75 Å². The monoisotopic (exact) mass is 371 g/mol. The molecule has 1 atom stereocenters. The van der Waals surface area contributed by atoms with E-state index in [2.05, 4.69) is 36.5 Å². The van der Waals surface area contributed by atoms with E-state index in [4.69, 9.17) is 21.1 Å². The zero-order valence-electron chi connectivity index (χ0n) is 15.4. The van der Waals surface area contributed by atoms with Gasteiger partial charge in [0.15, 0.2) is 0 Å². The van der Waals surface area contributed by atoms with Crippen molar-refractivity contribution < 1.29 is 9.47 Å². The van der Waals surface area contributed by atoms with Gasteiger partial charge in [-0.15, -0.1) is 0 Å². The van der Waals surface area contributed by atoms with Gasteiger partial charge < -0.3 is 14.8 Å². The Hall–Kier alpha value is -1.55. The number of benzene rings is 2. The van der Waals surface area contributed by atoms with Crippen LogP contribution in [0.5, 0.6) is 5.75 Å². The van der Waals surface area contributed by atoms with Crippen LogP contribution in [-0.4, -0.2) is 25.9 Å². The van der Waals surface area contributed by atoms with Gasteiger partial charge in [-0.1, -0.05) is 35.9 Å². The number of nitrogens with one attached hydrogen (secondary N) is 1. The molecule has 0 amide bonds. The molecular formula is C22H26ClNO2. The van der Waals surface area contributed by atoms with Gasteiger partial charge >= 0.3 is 0 Å². The van der Waals surface area contributed by atoms with Gasteiger partial charge in [-0.3, -0.25) is 0 Å². The van der Waals surface area contributed by atoms with Crippen LogP contribution in [0.4, 0.5) is 0 Å². The lowest BCUT2D eigenvalue weighted by Crippen LogP contribution is -2.60. The number of hydrogen-bond acceptors (Lipinski definition) is 3. The molecular weight excluding hydrogens is 346 g/mol. The highest BCUT2D eigenvalue weighted by Gasteiger charge is 2.55. The van der Waals surface area contributed by atoms with Crippen molar-refractivity contribution in [3.63, 3.8) is 0 Å². The Labute approximate surface area is 160 Å². The second-order valence-electron chi connectivity index (χ2n) is 8.04. The van der Waals surface area contributed by atoms with E-state index in [-0.39, 0.29) is 11.6 Å². The summed E-state index contributed by atoms with van der Waals surface area (Å²) in [6, 6.07) is 16.5. The van der Waals surface area contributed by atoms with E-state index in [0.29, 0.717) is 5.41 Å². The highest BCUT2D eigenvalue weighted by atomic mass is 35.5. The Kier molecular flexibility index (Phi) is 4.72. The van der Waals surface area contributed by atoms with Crippen molar-refractivity contribution in [2.45, 2.75) is 37.8 Å². The van der Waals surface area contributed by atoms with E-state index >= 15 is 0 Å². The van der Waals surface area contributed by atoms with E-state index in [9.17, 15) is 0 Å². The molecule has 2 saturated heterocycles. The van der Waals surface area contributed by atoms with Crippen LogP contribution in [0, 0.1) is 5.41 Å². The van der Waals surface area contributed by atoms with Gasteiger partial charge in [0.2, 0.25) is 0 Å². The molecule has 4 heteroatoms. The van der Waals surface area contributed by atoms with Crippen LogP contribution >= 0.6 is 11.6 Å². The molecule has 26 heavy (non-hydrogen) atoms. The summed E-state index contributed by atoms with van der Waals surface area (Å²) in [5.74, 6) is 0.878. The number of halogens is 1. The highest BCUT2D eigenvalue weighted by molar-refractivity contribution is 6.30. The number of hydrogen-bond donors (Lipinski definition) is 1. The summed E-state index contributed by atoms with van der Waals surface area (Å²) in [6.45, 7) is 4.11. The molecule has 1 unspecified atom stereocenters. The average molecular weight is 372 g/mol. The minimum absolute atomic E-state index is 0.103. The molecule has 0 aromatic heterocycles. The standard InChI is InChI=1S/C22H26ClNO2/c1-21-13-22(14-21,10-11-26-21)15-24-20(16-6-8-18(23)9-7-16)17-4-3-5-19(12-17)25-2/h3-9,12,20,24H,10-11,13-15H2,1-2H3. The number of rotatable bonds is 6. The van der Waals surface area contributed by atoms with Crippen LogP contribution in [0.3, 0.4) is 0 Å². The van der Waals surface area contributed by atoms with Crippen LogP contribution < -0.4 is 10.1 Å². The lowest BCUT2D eigenvalue weighted by molar-refractivity contribution is -0.213. The van der Waals surface area contributed by atoms with Gasteiger partial charge in [0, 0.05) is 18.2 Å². The smallest absolute Gasteiger partial charge is 0.119 e. The van der Waals surface area contributed by atoms with Crippen molar-refractivity contribution in [1.82, 2.24) is 5.32 Å². The third kappa shape index (κ3) is 3.48. The molecule has 2 heterocycles. The largest absolute Gasteiger partial charge is 0.497 e. The molecule has 2 aliphatic heterocycles. The summed E-state index contributed by atoms with van der Waals surface area (Å²) in [5.41, 5.74) is 2.90. The van der Waals surface area contributed by atoms with E-state index in [1.165, 1.54) is 11.1 Å². The molecule has 1 aliphatic carbocycles. The summed E-state index contributed by atoms with van der Waals surface area (Å²) >= 11 is 6.10. The normalized spacial score (nSPS) is 28.3. The second kappa shape index (κ2) is 6.88. The summed E-state index contributed by atoms with van der Waals surface area (Å²) in [7, 11) is 1.71. The van der Waals surface area contributed by atoms with Crippen LogP contribution in [-0.2, 0) is 4.74 Å². The Morgan fingerprint density at radius 1 is 1.15 bits per heavy atom. The van der Waals surface area contributed by atoms with Crippen molar-refractivity contribution in [2.24, 2.45) is 5.41 Å². The minimum Gasteiger partial charge on any atom is -0.497 e. The van der Waals surface area contributed by atoms with Gasteiger partial charge in [-0.05, 0) is 67.0 Å². The zero-order valence-corrected chi connectivity index (χ0v) is 16.2. The molecule has 138 valence electrons. The van der Waals surface area contributed by atoms with Crippen molar-refractivity contribution in [3.05, 3.63) is 64.7 Å². The first-order valence-electron chi connectivity index (χ1n) is 9.28. The molecule has 2 aromatic rings. The number of fused-ring (bicyclic) bond motifs is 2. The first-order chi connectivity index (χ1) is 12.5. The maximum Gasteiger partial charge on any atom is 0.119 e. The van der Waals surface area contributed by atoms with Crippen LogP contribution in [0.25, 0.3) is 0 Å². The van der Waals surface area contributed by atoms with Crippen molar-refractivity contribution in [2.75, 3.05) is 20.3 Å². The van der Waals surface area contributed by atoms with Gasteiger partial charge in [0.25, 0.3) is 0 Å². The molecule has 0 spiro atoms. The highest BCUT2D eigenvalue weighted by Crippen LogP contribution is 2.56. The average Bonchev–Trinajstić information content (AvgIpc) is 2.63. The first kappa shape index (κ1) is 17.8. The van der Waals surface area contributed by atoms with E-state index in [0.717, 1.165) is 43.2 Å². The fourth-order valence-corrected chi connectivity index (χ4v) is 4.89. The molecule has 0 radical (unpaired) electrons. The molecule has 1 saturated carbocycles. The third-order valence-corrected chi connectivity index (χ3v) is 6.14. The van der Waals surface area contributed by atoms with Gasteiger partial charge in [0.05, 0.1) is 18.8 Å². The Balaban J connectivity index is 1.57. The quantitative estimate of drug-likeness (QED) is 0.776. The molecule has 3 fully saturated rings. The predicted octanol–water partition coefficient (Wildman–Crippen LogP) is 4.99. The predicted molar refractivity (Wildman–Crippen MR) is 105 cm³/mol. The lowest BCUT2D eigenvalue weighted by atomic mass is 9.56. The van der Waals surface area contributed by atoms with E-state index in [1.807, 2.05) is 24.3 Å². The number of methoxy groups -OCH3 is 1. The van der Waals surface area contributed by atoms with Gasteiger partial charge in [-0.25, -0.2) is 0 Å². The van der Waals surface area contributed by atoms with Gasteiger partial charge in [0.1, 0.15) is 5.75 Å². The first-order valence-corrected chi connectivity index (χ1v) is 9.66. The lowest BCUT2D eigenvalue weighted by Gasteiger charge is -2.59. The topological polar surface area (TPSA) is 30.5 Å². The second-order valence-corrected chi connectivity index (χ2v) is 8.48. The fourth-order valence-electron chi connectivity index (χ4n) is 4.76. The van der Waals surface area contributed by atoms with Crippen LogP contribution in [0.2, 0.25) is 5.02 Å². The van der Waals surface area contributed by atoms with Crippen molar-refractivity contribution >= 4 is 11.6 Å². The molecule has 2 aromatic carbocycles. The maximum absolute atomic E-state index is 6.10. The van der Waals surface area contributed by atoms with Crippen LogP contribution in [0.1, 0.15) is 43.4 Å². The summed E-state index contributed by atoms with van der Waals surface area (Å²) in [5, 5.41) is 4.59. The Bertz CT molecular complexity index is 768. The Morgan fingerprint density at radius 3 is 2.62 bits per heavy atom. The maximum atomic E-state index is 6.10. The molecule has 2 bridgehead atoms. The van der Waals surface area contributed by atoms with Crippen LogP contribution in [0.15, 0.2) is 48.5 Å². The van der Waals surface area contributed by atoms with Crippen molar-refractivity contribution in [1.29, 1.82) is 0 Å². The Morgan fingerprint density at radius 2 is 1.92 bits per heavy atom. The van der Waals surface area contributed by atoms with Gasteiger partial charge in [-0.2, -0.15) is 0 Å². The minimum atomic E-state index is 0.103. The molecule has 5 rings (SSSR count). The summed E-state index contributed by atoms with van der Waals surface area (Å²) < 4.78 is 11.3.